The summed E-state index contributed by atoms with van der Waals surface area (Å²) in [6.07, 6.45) is 3.20. The Morgan fingerprint density at radius 3 is 3.00 bits per heavy atom. The third-order valence-corrected chi connectivity index (χ3v) is 4.76. The van der Waals surface area contributed by atoms with E-state index in [1.54, 1.807) is 11.3 Å². The topological polar surface area (TPSA) is 50.8 Å². The van der Waals surface area contributed by atoms with E-state index in [-0.39, 0.29) is 6.23 Å². The Labute approximate surface area is 132 Å². The number of hydrogen-bond donors (Lipinski definition) is 0. The first-order valence-electron chi connectivity index (χ1n) is 7.44. The van der Waals surface area contributed by atoms with Crippen LogP contribution in [0.1, 0.15) is 31.1 Å². The summed E-state index contributed by atoms with van der Waals surface area (Å²) in [4.78, 5) is 0. The van der Waals surface area contributed by atoms with Gasteiger partial charge in [-0.05, 0) is 42.8 Å². The molecule has 0 N–H and O–H groups in total. The van der Waals surface area contributed by atoms with E-state index in [9.17, 15) is 5.26 Å². The van der Waals surface area contributed by atoms with E-state index >= 15 is 0 Å². The van der Waals surface area contributed by atoms with Crippen molar-refractivity contribution in [1.29, 1.82) is 5.26 Å². The first-order valence-corrected chi connectivity index (χ1v) is 8.38. The number of aromatic nitrogens is 2. The highest BCUT2D eigenvalue weighted by atomic mass is 32.1. The van der Waals surface area contributed by atoms with Gasteiger partial charge in [0.1, 0.15) is 5.69 Å². The molecule has 1 aliphatic heterocycles. The van der Waals surface area contributed by atoms with Crippen molar-refractivity contribution in [1.82, 2.24) is 9.78 Å². The molecular formula is C17H15N3OS. The van der Waals surface area contributed by atoms with Crippen LogP contribution in [-0.2, 0) is 4.74 Å². The van der Waals surface area contributed by atoms with Gasteiger partial charge in [0, 0.05) is 22.9 Å². The lowest BCUT2D eigenvalue weighted by atomic mass is 10.1. The van der Waals surface area contributed by atoms with Gasteiger partial charge in [0.2, 0.25) is 0 Å². The molecule has 0 aliphatic carbocycles. The Morgan fingerprint density at radius 2 is 2.27 bits per heavy atom. The smallest absolute Gasteiger partial charge is 0.150 e. The van der Waals surface area contributed by atoms with Crippen molar-refractivity contribution in [2.45, 2.75) is 25.5 Å². The highest BCUT2D eigenvalue weighted by Gasteiger charge is 2.23. The Bertz CT molecular complexity index is 839. The van der Waals surface area contributed by atoms with Gasteiger partial charge < -0.3 is 4.74 Å². The third kappa shape index (κ3) is 2.12. The predicted octanol–water partition coefficient (Wildman–Crippen LogP) is 4.34. The van der Waals surface area contributed by atoms with E-state index in [4.69, 9.17) is 9.84 Å². The van der Waals surface area contributed by atoms with Crippen LogP contribution in [0.15, 0.2) is 35.0 Å². The van der Waals surface area contributed by atoms with E-state index in [0.717, 1.165) is 48.0 Å². The Balaban J connectivity index is 1.97. The number of nitriles is 1. The summed E-state index contributed by atoms with van der Waals surface area (Å²) >= 11 is 1.64. The number of hydrogen-bond acceptors (Lipinski definition) is 4. The fraction of sp³-hybridized carbons (Fsp3) is 0.294. The van der Waals surface area contributed by atoms with Crippen molar-refractivity contribution in [2.24, 2.45) is 0 Å². The van der Waals surface area contributed by atoms with Gasteiger partial charge in [-0.25, -0.2) is 4.68 Å². The van der Waals surface area contributed by atoms with Crippen LogP contribution in [0.25, 0.3) is 22.2 Å². The fourth-order valence-electron chi connectivity index (χ4n) is 3.02. The Kier molecular flexibility index (Phi) is 3.41. The average Bonchev–Trinajstić information content (AvgIpc) is 3.22. The summed E-state index contributed by atoms with van der Waals surface area (Å²) in [5.41, 5.74) is 3.59. The molecular weight excluding hydrogens is 294 g/mol. The summed E-state index contributed by atoms with van der Waals surface area (Å²) < 4.78 is 7.86. The van der Waals surface area contributed by atoms with Gasteiger partial charge in [-0.1, -0.05) is 6.07 Å². The van der Waals surface area contributed by atoms with Crippen LogP contribution in [0.5, 0.6) is 0 Å². The maximum atomic E-state index is 9.46. The van der Waals surface area contributed by atoms with Gasteiger partial charge in [-0.15, -0.1) is 0 Å². The van der Waals surface area contributed by atoms with Crippen LogP contribution in [0.3, 0.4) is 0 Å². The van der Waals surface area contributed by atoms with E-state index in [1.807, 2.05) is 34.3 Å². The first-order chi connectivity index (χ1) is 10.9. The molecule has 0 bridgehead atoms. The molecule has 1 atom stereocenters. The van der Waals surface area contributed by atoms with E-state index in [2.05, 4.69) is 11.4 Å². The molecule has 1 aliphatic rings. The quantitative estimate of drug-likeness (QED) is 0.707. The second-order valence-corrected chi connectivity index (χ2v) is 6.22. The fourth-order valence-corrected chi connectivity index (χ4v) is 3.66. The Morgan fingerprint density at radius 1 is 1.32 bits per heavy atom. The molecule has 4 nitrogen and oxygen atoms in total. The van der Waals surface area contributed by atoms with E-state index < -0.39 is 0 Å². The summed E-state index contributed by atoms with van der Waals surface area (Å²) in [7, 11) is 0. The lowest BCUT2D eigenvalue weighted by Gasteiger charge is -2.23. The number of nitrogens with zero attached hydrogens (tertiary/aromatic N) is 3. The van der Waals surface area contributed by atoms with Crippen molar-refractivity contribution in [3.8, 4) is 17.3 Å². The molecule has 0 amide bonds. The van der Waals surface area contributed by atoms with Crippen LogP contribution >= 0.6 is 11.3 Å². The molecule has 1 saturated heterocycles. The summed E-state index contributed by atoms with van der Waals surface area (Å²) in [6.45, 7) is 0.776. The van der Waals surface area contributed by atoms with Crippen molar-refractivity contribution in [3.63, 3.8) is 0 Å². The molecule has 1 unspecified atom stereocenters. The van der Waals surface area contributed by atoms with Gasteiger partial charge in [-0.2, -0.15) is 21.7 Å². The van der Waals surface area contributed by atoms with Crippen LogP contribution in [0, 0.1) is 11.3 Å². The van der Waals surface area contributed by atoms with Crippen molar-refractivity contribution >= 4 is 22.2 Å². The minimum absolute atomic E-state index is 0.0300. The minimum Gasteiger partial charge on any atom is -0.356 e. The lowest BCUT2D eigenvalue weighted by Crippen LogP contribution is -2.19. The highest BCUT2D eigenvalue weighted by Crippen LogP contribution is 2.35. The second-order valence-electron chi connectivity index (χ2n) is 5.44. The number of ether oxygens (including phenoxy) is 1. The van der Waals surface area contributed by atoms with E-state index in [0.29, 0.717) is 5.56 Å². The molecule has 0 saturated carbocycles. The predicted molar refractivity (Wildman–Crippen MR) is 86.6 cm³/mol. The van der Waals surface area contributed by atoms with E-state index in [1.165, 1.54) is 0 Å². The molecule has 22 heavy (non-hydrogen) atoms. The van der Waals surface area contributed by atoms with Gasteiger partial charge in [-0.3, -0.25) is 0 Å². The number of benzene rings is 1. The maximum absolute atomic E-state index is 9.46. The zero-order valence-corrected chi connectivity index (χ0v) is 12.8. The van der Waals surface area contributed by atoms with Gasteiger partial charge >= 0.3 is 0 Å². The molecule has 4 rings (SSSR count). The standard InChI is InChI=1S/C17H15N3OS/c18-10-12-4-3-5-14-16(12)17(13-7-9-22-11-13)19-20(14)15-6-1-2-8-21-15/h3-5,7,9,11,15H,1-2,6,8H2. The maximum Gasteiger partial charge on any atom is 0.150 e. The first kappa shape index (κ1) is 13.5. The highest BCUT2D eigenvalue weighted by molar-refractivity contribution is 7.08. The molecule has 110 valence electrons. The monoisotopic (exact) mass is 309 g/mol. The molecule has 0 radical (unpaired) electrons. The largest absolute Gasteiger partial charge is 0.356 e. The summed E-state index contributed by atoms with van der Waals surface area (Å²) in [5.74, 6) is 0. The Hall–Kier alpha value is -2.16. The van der Waals surface area contributed by atoms with Crippen molar-refractivity contribution in [2.75, 3.05) is 6.61 Å². The molecule has 1 aromatic carbocycles. The SMILES string of the molecule is N#Cc1cccc2c1c(-c1ccsc1)nn2C1CCCCO1. The van der Waals surface area contributed by atoms with Crippen LogP contribution in [-0.4, -0.2) is 16.4 Å². The van der Waals surface area contributed by atoms with Crippen molar-refractivity contribution in [3.05, 3.63) is 40.6 Å². The third-order valence-electron chi connectivity index (χ3n) is 4.08. The van der Waals surface area contributed by atoms with Crippen LogP contribution in [0.2, 0.25) is 0 Å². The number of thiophene rings is 1. The molecule has 5 heteroatoms. The van der Waals surface area contributed by atoms with Crippen LogP contribution in [0.4, 0.5) is 0 Å². The zero-order chi connectivity index (χ0) is 14.9. The second kappa shape index (κ2) is 5.56. The zero-order valence-electron chi connectivity index (χ0n) is 12.0. The molecule has 3 heterocycles. The molecule has 2 aromatic heterocycles. The number of rotatable bonds is 2. The molecule has 0 spiro atoms. The molecule has 1 fully saturated rings. The lowest BCUT2D eigenvalue weighted by molar-refractivity contribution is -0.0365. The summed E-state index contributed by atoms with van der Waals surface area (Å²) in [6, 6.07) is 10.1. The van der Waals surface area contributed by atoms with Crippen molar-refractivity contribution < 1.29 is 4.74 Å². The minimum atomic E-state index is -0.0300. The van der Waals surface area contributed by atoms with Gasteiger partial charge in [0.15, 0.2) is 6.23 Å². The average molecular weight is 309 g/mol. The number of fused-ring (bicyclic) bond motifs is 1. The van der Waals surface area contributed by atoms with Crippen LogP contribution < -0.4 is 0 Å². The normalized spacial score (nSPS) is 18.4. The van der Waals surface area contributed by atoms with Gasteiger partial charge in [0.25, 0.3) is 0 Å². The summed E-state index contributed by atoms with van der Waals surface area (Å²) in [5, 5.41) is 19.3. The van der Waals surface area contributed by atoms with Gasteiger partial charge in [0.05, 0.1) is 17.1 Å². The molecule has 3 aromatic rings.